The van der Waals surface area contributed by atoms with Crippen LogP contribution in [0.1, 0.15) is 44.8 Å². The van der Waals surface area contributed by atoms with Gasteiger partial charge >= 0.3 is 0 Å². The van der Waals surface area contributed by atoms with Gasteiger partial charge in [0.2, 0.25) is 0 Å². The molecule has 4 nitrogen and oxygen atoms in total. The molecule has 0 aromatic heterocycles. The molecule has 1 aromatic carbocycles. The summed E-state index contributed by atoms with van der Waals surface area (Å²) >= 11 is 0. The number of aliphatic hydroxyl groups excluding tert-OH is 1. The normalized spacial score (nSPS) is 28.6. The largest absolute Gasteiger partial charge is 0.497 e. The van der Waals surface area contributed by atoms with E-state index >= 15 is 0 Å². The van der Waals surface area contributed by atoms with E-state index in [-0.39, 0.29) is 6.04 Å². The van der Waals surface area contributed by atoms with Crippen molar-refractivity contribution in [3.05, 3.63) is 23.8 Å². The van der Waals surface area contributed by atoms with Crippen LogP contribution in [0, 0.1) is 0 Å². The maximum absolute atomic E-state index is 10.9. The van der Waals surface area contributed by atoms with Crippen LogP contribution in [-0.2, 0) is 0 Å². The number of ether oxygens (including phenoxy) is 2. The fraction of sp³-hybridized carbons (Fsp3) is 0.647. The molecule has 1 fully saturated rings. The van der Waals surface area contributed by atoms with Crippen LogP contribution in [0.2, 0.25) is 0 Å². The number of aliphatic hydroxyl groups is 1. The summed E-state index contributed by atoms with van der Waals surface area (Å²) in [6.07, 6.45) is 3.17. The van der Waals surface area contributed by atoms with Gasteiger partial charge in [-0.3, -0.25) is 4.90 Å². The van der Waals surface area contributed by atoms with Crippen LogP contribution < -0.4 is 9.47 Å². The van der Waals surface area contributed by atoms with Gasteiger partial charge in [-0.25, -0.2) is 0 Å². The number of hydrogen-bond acceptors (Lipinski definition) is 4. The molecule has 3 rings (SSSR count). The van der Waals surface area contributed by atoms with E-state index in [4.69, 9.17) is 9.47 Å². The van der Waals surface area contributed by atoms with E-state index < -0.39 is 11.7 Å². The molecule has 2 heterocycles. The first-order chi connectivity index (χ1) is 10.0. The Balaban J connectivity index is 1.95. The van der Waals surface area contributed by atoms with Crippen molar-refractivity contribution in [2.45, 2.75) is 50.9 Å². The van der Waals surface area contributed by atoms with Crippen molar-refractivity contribution < 1.29 is 14.6 Å². The maximum Gasteiger partial charge on any atom is 0.129 e. The number of fused-ring (bicyclic) bond motifs is 1. The average Bonchev–Trinajstić information content (AvgIpc) is 2.46. The number of benzene rings is 1. The number of nitrogens with zero attached hydrogens (tertiary/aromatic N) is 1. The third-order valence-corrected chi connectivity index (χ3v) is 4.71. The molecule has 1 aromatic rings. The van der Waals surface area contributed by atoms with Gasteiger partial charge < -0.3 is 14.6 Å². The highest BCUT2D eigenvalue weighted by molar-refractivity contribution is 5.45. The van der Waals surface area contributed by atoms with Gasteiger partial charge in [0, 0.05) is 11.6 Å². The second-order valence-electron chi connectivity index (χ2n) is 6.60. The molecule has 1 N–H and O–H groups in total. The van der Waals surface area contributed by atoms with Gasteiger partial charge in [-0.15, -0.1) is 0 Å². The van der Waals surface area contributed by atoms with Crippen LogP contribution in [-0.4, -0.2) is 41.8 Å². The monoisotopic (exact) mass is 291 g/mol. The van der Waals surface area contributed by atoms with Crippen LogP contribution in [0.15, 0.2) is 18.2 Å². The first-order valence-corrected chi connectivity index (χ1v) is 7.82. The SMILES string of the molecule is COc1ccc2c(c1)OC(C)(C)C(N1CCCCC1)C2O. The Kier molecular flexibility index (Phi) is 3.84. The zero-order chi connectivity index (χ0) is 15.0. The molecule has 0 bridgehead atoms. The van der Waals surface area contributed by atoms with Crippen molar-refractivity contribution in [3.8, 4) is 11.5 Å². The molecule has 0 saturated carbocycles. The number of methoxy groups -OCH3 is 1. The second-order valence-corrected chi connectivity index (χ2v) is 6.60. The minimum atomic E-state index is -0.521. The quantitative estimate of drug-likeness (QED) is 0.910. The van der Waals surface area contributed by atoms with Crippen LogP contribution in [0.4, 0.5) is 0 Å². The Morgan fingerprint density at radius 2 is 1.95 bits per heavy atom. The van der Waals surface area contributed by atoms with E-state index in [1.807, 2.05) is 18.2 Å². The molecule has 1 saturated heterocycles. The minimum Gasteiger partial charge on any atom is -0.497 e. The molecule has 0 spiro atoms. The first-order valence-electron chi connectivity index (χ1n) is 7.82. The highest BCUT2D eigenvalue weighted by Crippen LogP contribution is 2.43. The van der Waals surface area contributed by atoms with Gasteiger partial charge in [0.25, 0.3) is 0 Å². The predicted octanol–water partition coefficient (Wildman–Crippen LogP) is 2.75. The summed E-state index contributed by atoms with van der Waals surface area (Å²) in [5, 5.41) is 10.9. The fourth-order valence-corrected chi connectivity index (χ4v) is 3.70. The molecular weight excluding hydrogens is 266 g/mol. The first kappa shape index (κ1) is 14.7. The molecule has 2 unspecified atom stereocenters. The molecule has 2 atom stereocenters. The summed E-state index contributed by atoms with van der Waals surface area (Å²) in [6.45, 7) is 6.22. The summed E-state index contributed by atoms with van der Waals surface area (Å²) in [5.41, 5.74) is 0.446. The third-order valence-electron chi connectivity index (χ3n) is 4.71. The molecule has 21 heavy (non-hydrogen) atoms. The van der Waals surface area contributed by atoms with Crippen molar-refractivity contribution in [1.82, 2.24) is 4.90 Å². The molecule has 0 aliphatic carbocycles. The third kappa shape index (κ3) is 2.62. The molecule has 116 valence electrons. The van der Waals surface area contributed by atoms with Gasteiger partial charge in [-0.05, 0) is 51.9 Å². The van der Waals surface area contributed by atoms with Gasteiger partial charge in [0.1, 0.15) is 23.2 Å². The van der Waals surface area contributed by atoms with Crippen LogP contribution in [0.5, 0.6) is 11.5 Å². The molecule has 0 amide bonds. The lowest BCUT2D eigenvalue weighted by molar-refractivity contribution is -0.0874. The van der Waals surface area contributed by atoms with E-state index in [0.29, 0.717) is 0 Å². The van der Waals surface area contributed by atoms with E-state index in [9.17, 15) is 5.11 Å². The smallest absolute Gasteiger partial charge is 0.129 e. The predicted molar refractivity (Wildman–Crippen MR) is 81.9 cm³/mol. The summed E-state index contributed by atoms with van der Waals surface area (Å²) in [5.74, 6) is 1.49. The summed E-state index contributed by atoms with van der Waals surface area (Å²) in [4.78, 5) is 2.39. The van der Waals surface area contributed by atoms with Crippen molar-refractivity contribution in [2.24, 2.45) is 0 Å². The summed E-state index contributed by atoms with van der Waals surface area (Å²) in [6, 6.07) is 5.67. The topological polar surface area (TPSA) is 41.9 Å². The number of rotatable bonds is 2. The van der Waals surface area contributed by atoms with Crippen molar-refractivity contribution in [1.29, 1.82) is 0 Å². The fourth-order valence-electron chi connectivity index (χ4n) is 3.70. The Bertz CT molecular complexity index is 509. The lowest BCUT2D eigenvalue weighted by atomic mass is 9.84. The zero-order valence-electron chi connectivity index (χ0n) is 13.1. The van der Waals surface area contributed by atoms with E-state index in [1.165, 1.54) is 19.3 Å². The zero-order valence-corrected chi connectivity index (χ0v) is 13.1. The van der Waals surface area contributed by atoms with Gasteiger partial charge in [0.05, 0.1) is 13.2 Å². The highest BCUT2D eigenvalue weighted by atomic mass is 16.5. The van der Waals surface area contributed by atoms with E-state index in [1.54, 1.807) is 7.11 Å². The summed E-state index contributed by atoms with van der Waals surface area (Å²) < 4.78 is 11.5. The Morgan fingerprint density at radius 1 is 1.24 bits per heavy atom. The molecular formula is C17H25NO3. The lowest BCUT2D eigenvalue weighted by Crippen LogP contribution is -2.58. The molecule has 2 aliphatic heterocycles. The Hall–Kier alpha value is -1.26. The van der Waals surface area contributed by atoms with Gasteiger partial charge in [-0.2, -0.15) is 0 Å². The number of hydrogen-bond donors (Lipinski definition) is 1. The van der Waals surface area contributed by atoms with Crippen LogP contribution >= 0.6 is 0 Å². The molecule has 2 aliphatic rings. The molecule has 4 heteroatoms. The van der Waals surface area contributed by atoms with Crippen molar-refractivity contribution in [2.75, 3.05) is 20.2 Å². The summed E-state index contributed by atoms with van der Waals surface area (Å²) in [7, 11) is 1.64. The lowest BCUT2D eigenvalue weighted by Gasteiger charge is -2.49. The van der Waals surface area contributed by atoms with Crippen molar-refractivity contribution >= 4 is 0 Å². The van der Waals surface area contributed by atoms with Crippen molar-refractivity contribution in [3.63, 3.8) is 0 Å². The van der Waals surface area contributed by atoms with E-state index in [2.05, 4.69) is 18.7 Å². The number of piperidine rings is 1. The minimum absolute atomic E-state index is 0.00121. The number of likely N-dealkylation sites (tertiary alicyclic amines) is 1. The van der Waals surface area contributed by atoms with Gasteiger partial charge in [-0.1, -0.05) is 6.42 Å². The Morgan fingerprint density at radius 3 is 2.62 bits per heavy atom. The van der Waals surface area contributed by atoms with Crippen LogP contribution in [0.3, 0.4) is 0 Å². The standard InChI is InChI=1S/C17H25NO3/c1-17(2)16(18-9-5-4-6-10-18)15(19)13-8-7-12(20-3)11-14(13)21-17/h7-8,11,15-16,19H,4-6,9-10H2,1-3H3. The Labute approximate surface area is 126 Å². The average molecular weight is 291 g/mol. The van der Waals surface area contributed by atoms with E-state index in [0.717, 1.165) is 30.2 Å². The maximum atomic E-state index is 10.9. The van der Waals surface area contributed by atoms with Gasteiger partial charge in [0.15, 0.2) is 0 Å². The second kappa shape index (κ2) is 5.50. The highest BCUT2D eigenvalue weighted by Gasteiger charge is 2.46. The van der Waals surface area contributed by atoms with Crippen LogP contribution in [0.25, 0.3) is 0 Å². The molecule has 0 radical (unpaired) electrons.